The van der Waals surface area contributed by atoms with E-state index in [2.05, 4.69) is 31.2 Å². The molecule has 1 fully saturated rings. The van der Waals surface area contributed by atoms with Gasteiger partial charge >= 0.3 is 0 Å². The molecular weight excluding hydrogens is 246 g/mol. The van der Waals surface area contributed by atoms with Gasteiger partial charge in [-0.15, -0.1) is 0 Å². The maximum Gasteiger partial charge on any atom is 0.0850 e. The van der Waals surface area contributed by atoms with Crippen LogP contribution in [0.15, 0.2) is 0 Å². The van der Waals surface area contributed by atoms with E-state index in [4.69, 9.17) is 11.6 Å². The summed E-state index contributed by atoms with van der Waals surface area (Å²) >= 11 is 6.42. The highest BCUT2D eigenvalue weighted by atomic mass is 35.5. The predicted octanol–water partition coefficient (Wildman–Crippen LogP) is 2.81. The molecule has 3 nitrogen and oxygen atoms in total. The van der Waals surface area contributed by atoms with Crippen molar-refractivity contribution in [3.8, 4) is 0 Å². The fourth-order valence-corrected chi connectivity index (χ4v) is 3.17. The van der Waals surface area contributed by atoms with Crippen molar-refractivity contribution in [1.29, 1.82) is 0 Å². The maximum atomic E-state index is 6.42. The first-order valence-corrected chi connectivity index (χ1v) is 7.39. The van der Waals surface area contributed by atoms with E-state index in [1.165, 1.54) is 12.1 Å². The van der Waals surface area contributed by atoms with E-state index in [1.807, 2.05) is 11.7 Å². The molecule has 102 valence electrons. The van der Waals surface area contributed by atoms with Crippen molar-refractivity contribution in [3.63, 3.8) is 0 Å². The van der Waals surface area contributed by atoms with E-state index < -0.39 is 0 Å². The molecule has 18 heavy (non-hydrogen) atoms. The lowest BCUT2D eigenvalue weighted by atomic mass is 10.0. The molecule has 4 heteroatoms. The zero-order valence-electron chi connectivity index (χ0n) is 11.8. The Bertz CT molecular complexity index is 413. The van der Waals surface area contributed by atoms with Crippen LogP contribution in [-0.4, -0.2) is 22.4 Å². The number of hydrogen-bond donors (Lipinski definition) is 1. The smallest absolute Gasteiger partial charge is 0.0850 e. The monoisotopic (exact) mass is 269 g/mol. The molecule has 0 aliphatic heterocycles. The van der Waals surface area contributed by atoms with E-state index in [9.17, 15) is 0 Å². The minimum Gasteiger partial charge on any atom is -0.314 e. The summed E-state index contributed by atoms with van der Waals surface area (Å²) in [4.78, 5) is 0. The van der Waals surface area contributed by atoms with Crippen molar-refractivity contribution < 1.29 is 0 Å². The normalized spacial score (nSPS) is 24.3. The van der Waals surface area contributed by atoms with E-state index in [0.717, 1.165) is 41.9 Å². The van der Waals surface area contributed by atoms with Gasteiger partial charge in [0.05, 0.1) is 16.4 Å². The largest absolute Gasteiger partial charge is 0.314 e. The summed E-state index contributed by atoms with van der Waals surface area (Å²) in [5, 5.41) is 8.97. The Morgan fingerprint density at radius 2 is 2.17 bits per heavy atom. The number of aryl methyl sites for hydroxylation is 2. The molecule has 0 saturated heterocycles. The molecule has 0 amide bonds. The quantitative estimate of drug-likeness (QED) is 0.861. The van der Waals surface area contributed by atoms with Crippen LogP contribution in [0.3, 0.4) is 0 Å². The van der Waals surface area contributed by atoms with E-state index >= 15 is 0 Å². The van der Waals surface area contributed by atoms with Gasteiger partial charge in [-0.3, -0.25) is 4.68 Å². The van der Waals surface area contributed by atoms with Gasteiger partial charge in [0, 0.05) is 19.5 Å². The molecule has 3 unspecified atom stereocenters. The Hall–Kier alpha value is -0.540. The van der Waals surface area contributed by atoms with Crippen molar-refractivity contribution in [1.82, 2.24) is 15.1 Å². The molecule has 1 heterocycles. The standard InChI is InChI=1S/C14H24ClN3/c1-5-11-14(15)13(18(4)17-11)8-12(16-6-2)10-7-9(10)3/h9-10,12,16H,5-8H2,1-4H3. The molecular formula is C14H24ClN3. The zero-order chi connectivity index (χ0) is 13.3. The van der Waals surface area contributed by atoms with Crippen LogP contribution in [0, 0.1) is 11.8 Å². The van der Waals surface area contributed by atoms with Crippen LogP contribution in [0.5, 0.6) is 0 Å². The highest BCUT2D eigenvalue weighted by Gasteiger charge is 2.39. The van der Waals surface area contributed by atoms with Crippen LogP contribution >= 0.6 is 11.6 Å². The Morgan fingerprint density at radius 1 is 1.50 bits per heavy atom. The number of aromatic nitrogens is 2. The average Bonchev–Trinajstić information content (AvgIpc) is 3.00. The van der Waals surface area contributed by atoms with Crippen LogP contribution in [0.25, 0.3) is 0 Å². The lowest BCUT2D eigenvalue weighted by Crippen LogP contribution is -2.34. The summed E-state index contributed by atoms with van der Waals surface area (Å²) < 4.78 is 1.96. The second-order valence-corrected chi connectivity index (χ2v) is 5.81. The molecule has 1 saturated carbocycles. The van der Waals surface area contributed by atoms with Crippen molar-refractivity contribution in [3.05, 3.63) is 16.4 Å². The Kier molecular flexibility index (Phi) is 4.33. The summed E-state index contributed by atoms with van der Waals surface area (Å²) in [5.41, 5.74) is 2.20. The van der Waals surface area contributed by atoms with Crippen molar-refractivity contribution in [2.24, 2.45) is 18.9 Å². The molecule has 1 aliphatic carbocycles. The first kappa shape index (κ1) is 13.9. The number of nitrogens with one attached hydrogen (secondary N) is 1. The minimum atomic E-state index is 0.544. The van der Waals surface area contributed by atoms with Gasteiger partial charge in [0.25, 0.3) is 0 Å². The first-order valence-electron chi connectivity index (χ1n) is 7.02. The van der Waals surface area contributed by atoms with E-state index in [0.29, 0.717) is 6.04 Å². The number of halogens is 1. The zero-order valence-corrected chi connectivity index (χ0v) is 12.6. The lowest BCUT2D eigenvalue weighted by molar-refractivity contribution is 0.444. The third-order valence-corrected chi connectivity index (χ3v) is 4.51. The summed E-state index contributed by atoms with van der Waals surface area (Å²) in [7, 11) is 2.00. The lowest BCUT2D eigenvalue weighted by Gasteiger charge is -2.18. The topological polar surface area (TPSA) is 29.9 Å². The van der Waals surface area contributed by atoms with Gasteiger partial charge in [0.15, 0.2) is 0 Å². The highest BCUT2D eigenvalue weighted by Crippen LogP contribution is 2.42. The van der Waals surface area contributed by atoms with Gasteiger partial charge in [-0.05, 0) is 31.2 Å². The fraction of sp³-hybridized carbons (Fsp3) is 0.786. The number of nitrogens with zero attached hydrogens (tertiary/aromatic N) is 2. The molecule has 0 spiro atoms. The molecule has 0 radical (unpaired) electrons. The van der Waals surface area contributed by atoms with Crippen LogP contribution in [-0.2, 0) is 19.9 Å². The van der Waals surface area contributed by atoms with Gasteiger partial charge in [-0.2, -0.15) is 5.10 Å². The van der Waals surface area contributed by atoms with Crippen LogP contribution in [0.2, 0.25) is 5.02 Å². The Labute approximate surface area is 115 Å². The SMILES string of the molecule is CCNC(Cc1c(Cl)c(CC)nn1C)C1CC1C. The van der Waals surface area contributed by atoms with Crippen LogP contribution in [0.4, 0.5) is 0 Å². The van der Waals surface area contributed by atoms with Gasteiger partial charge in [0.1, 0.15) is 0 Å². The van der Waals surface area contributed by atoms with Gasteiger partial charge in [-0.25, -0.2) is 0 Å². The van der Waals surface area contributed by atoms with E-state index in [-0.39, 0.29) is 0 Å². The maximum absolute atomic E-state index is 6.42. The van der Waals surface area contributed by atoms with Crippen molar-refractivity contribution in [2.45, 2.75) is 46.1 Å². The highest BCUT2D eigenvalue weighted by molar-refractivity contribution is 6.31. The second kappa shape index (κ2) is 5.62. The molecule has 2 rings (SSSR count). The second-order valence-electron chi connectivity index (χ2n) is 5.43. The van der Waals surface area contributed by atoms with E-state index in [1.54, 1.807) is 0 Å². The molecule has 1 aromatic heterocycles. The molecule has 0 bridgehead atoms. The van der Waals surface area contributed by atoms with Gasteiger partial charge < -0.3 is 5.32 Å². The third-order valence-electron chi connectivity index (χ3n) is 4.07. The molecule has 1 aliphatic rings. The minimum absolute atomic E-state index is 0.544. The molecule has 1 N–H and O–H groups in total. The number of hydrogen-bond acceptors (Lipinski definition) is 2. The van der Waals surface area contributed by atoms with Gasteiger partial charge in [-0.1, -0.05) is 32.4 Å². The van der Waals surface area contributed by atoms with Crippen LogP contribution in [0.1, 0.15) is 38.6 Å². The van der Waals surface area contributed by atoms with Crippen LogP contribution < -0.4 is 5.32 Å². The third kappa shape index (κ3) is 2.72. The fourth-order valence-electron chi connectivity index (χ4n) is 2.80. The summed E-state index contributed by atoms with van der Waals surface area (Å²) in [5.74, 6) is 1.66. The Balaban J connectivity index is 2.13. The van der Waals surface area contributed by atoms with Crippen molar-refractivity contribution in [2.75, 3.05) is 6.54 Å². The van der Waals surface area contributed by atoms with Gasteiger partial charge in [0.2, 0.25) is 0 Å². The molecule has 0 aromatic carbocycles. The first-order chi connectivity index (χ1) is 8.58. The average molecular weight is 270 g/mol. The number of likely N-dealkylation sites (N-methyl/N-ethyl adjacent to an activating group) is 1. The Morgan fingerprint density at radius 3 is 2.61 bits per heavy atom. The summed E-state index contributed by atoms with van der Waals surface area (Å²) in [6.45, 7) is 7.62. The molecule has 1 aromatic rings. The summed E-state index contributed by atoms with van der Waals surface area (Å²) in [6.07, 6.45) is 3.23. The number of rotatable bonds is 6. The molecule has 3 atom stereocenters. The summed E-state index contributed by atoms with van der Waals surface area (Å²) in [6, 6.07) is 0.544. The predicted molar refractivity (Wildman–Crippen MR) is 76.0 cm³/mol. The van der Waals surface area contributed by atoms with Crippen molar-refractivity contribution >= 4 is 11.6 Å².